The van der Waals surface area contributed by atoms with Gasteiger partial charge in [0.15, 0.2) is 9.84 Å². The first-order chi connectivity index (χ1) is 9.00. The third-order valence-electron chi connectivity index (χ3n) is 4.49. The first-order valence-electron chi connectivity index (χ1n) is 7.66. The third-order valence-corrected chi connectivity index (χ3v) is 6.33. The molecule has 0 bridgehead atoms. The van der Waals surface area contributed by atoms with Crippen molar-refractivity contribution in [2.75, 3.05) is 37.7 Å². The van der Waals surface area contributed by atoms with Crippen molar-refractivity contribution in [2.24, 2.45) is 11.8 Å². The van der Waals surface area contributed by atoms with Crippen LogP contribution in [0.25, 0.3) is 0 Å². The number of piperidine rings is 1. The van der Waals surface area contributed by atoms with E-state index in [4.69, 9.17) is 0 Å². The van der Waals surface area contributed by atoms with Crippen LogP contribution in [0.5, 0.6) is 0 Å². The minimum Gasteiger partial charge on any atom is -0.314 e. The van der Waals surface area contributed by atoms with E-state index in [1.807, 2.05) is 0 Å². The van der Waals surface area contributed by atoms with Crippen molar-refractivity contribution in [3.63, 3.8) is 0 Å². The van der Waals surface area contributed by atoms with E-state index >= 15 is 0 Å². The third kappa shape index (κ3) is 4.43. The van der Waals surface area contributed by atoms with Gasteiger partial charge in [-0.2, -0.15) is 0 Å². The molecular formula is C14H28N2O2S. The predicted molar refractivity (Wildman–Crippen MR) is 79.1 cm³/mol. The van der Waals surface area contributed by atoms with Crippen molar-refractivity contribution >= 4 is 9.84 Å². The summed E-state index contributed by atoms with van der Waals surface area (Å²) in [5.74, 6) is 1.85. The molecule has 3 atom stereocenters. The molecule has 2 heterocycles. The van der Waals surface area contributed by atoms with Crippen LogP contribution in [0.4, 0.5) is 0 Å². The molecule has 0 spiro atoms. The van der Waals surface area contributed by atoms with Gasteiger partial charge in [-0.1, -0.05) is 13.8 Å². The summed E-state index contributed by atoms with van der Waals surface area (Å²) in [5.41, 5.74) is 0. The first kappa shape index (κ1) is 15.3. The van der Waals surface area contributed by atoms with Crippen LogP contribution in [0.1, 0.15) is 33.1 Å². The highest BCUT2D eigenvalue weighted by Crippen LogP contribution is 2.23. The zero-order chi connectivity index (χ0) is 13.9. The molecule has 0 aromatic carbocycles. The average Bonchev–Trinajstić information content (AvgIpc) is 2.68. The second kappa shape index (κ2) is 6.55. The molecular weight excluding hydrogens is 260 g/mol. The van der Waals surface area contributed by atoms with E-state index in [1.54, 1.807) is 0 Å². The topological polar surface area (TPSA) is 49.4 Å². The summed E-state index contributed by atoms with van der Waals surface area (Å²) in [7, 11) is -2.72. The fourth-order valence-corrected chi connectivity index (χ4v) is 5.26. The van der Waals surface area contributed by atoms with Gasteiger partial charge in [-0.25, -0.2) is 8.42 Å². The number of hydrogen-bond acceptors (Lipinski definition) is 4. The van der Waals surface area contributed by atoms with Crippen LogP contribution in [0.2, 0.25) is 0 Å². The van der Waals surface area contributed by atoms with Crippen molar-refractivity contribution in [3.8, 4) is 0 Å². The van der Waals surface area contributed by atoms with Crippen molar-refractivity contribution in [3.05, 3.63) is 0 Å². The molecule has 2 aliphatic heterocycles. The highest BCUT2D eigenvalue weighted by molar-refractivity contribution is 7.91. The molecule has 2 saturated heterocycles. The maximum atomic E-state index is 11.5. The zero-order valence-electron chi connectivity index (χ0n) is 12.3. The van der Waals surface area contributed by atoms with Crippen LogP contribution >= 0.6 is 0 Å². The fourth-order valence-electron chi connectivity index (χ4n) is 3.41. The Bertz CT molecular complexity index is 383. The van der Waals surface area contributed by atoms with E-state index in [0.29, 0.717) is 29.4 Å². The predicted octanol–water partition coefficient (Wildman–Crippen LogP) is 1.13. The molecule has 0 amide bonds. The summed E-state index contributed by atoms with van der Waals surface area (Å²) in [6, 6.07) is 0.642. The molecule has 19 heavy (non-hydrogen) atoms. The second-order valence-corrected chi connectivity index (χ2v) is 8.58. The lowest BCUT2D eigenvalue weighted by molar-refractivity contribution is 0.133. The van der Waals surface area contributed by atoms with Crippen LogP contribution in [-0.2, 0) is 9.84 Å². The summed E-state index contributed by atoms with van der Waals surface area (Å²) < 4.78 is 23.0. The Labute approximate surface area is 117 Å². The molecule has 0 aromatic heterocycles. The highest BCUT2D eigenvalue weighted by Gasteiger charge is 2.32. The largest absolute Gasteiger partial charge is 0.314 e. The van der Waals surface area contributed by atoms with Crippen molar-refractivity contribution in [1.29, 1.82) is 0 Å². The zero-order valence-corrected chi connectivity index (χ0v) is 13.1. The molecule has 0 aliphatic carbocycles. The van der Waals surface area contributed by atoms with Crippen molar-refractivity contribution in [2.45, 2.75) is 39.2 Å². The van der Waals surface area contributed by atoms with E-state index in [9.17, 15) is 8.42 Å². The highest BCUT2D eigenvalue weighted by atomic mass is 32.2. The number of rotatable bonds is 5. The molecule has 4 nitrogen and oxygen atoms in total. The molecule has 5 heteroatoms. The van der Waals surface area contributed by atoms with Gasteiger partial charge in [0.05, 0.1) is 11.5 Å². The Morgan fingerprint density at radius 1 is 1.32 bits per heavy atom. The Balaban J connectivity index is 1.76. The number of likely N-dealkylation sites (tertiary alicyclic amines) is 1. The van der Waals surface area contributed by atoms with Gasteiger partial charge < -0.3 is 10.2 Å². The van der Waals surface area contributed by atoms with E-state index in [2.05, 4.69) is 24.1 Å². The normalized spacial score (nSPS) is 35.6. The maximum Gasteiger partial charge on any atom is 0.150 e. The molecule has 0 radical (unpaired) electrons. The maximum absolute atomic E-state index is 11.5. The van der Waals surface area contributed by atoms with E-state index in [1.165, 1.54) is 12.8 Å². The Kier molecular flexibility index (Phi) is 5.26. The van der Waals surface area contributed by atoms with E-state index < -0.39 is 9.84 Å². The molecule has 2 aliphatic rings. The summed E-state index contributed by atoms with van der Waals surface area (Å²) >= 11 is 0. The summed E-state index contributed by atoms with van der Waals surface area (Å²) in [6.45, 7) is 8.82. The van der Waals surface area contributed by atoms with Gasteiger partial charge in [-0.05, 0) is 44.2 Å². The number of nitrogens with zero attached hydrogens (tertiary/aromatic N) is 1. The lowest BCUT2D eigenvalue weighted by atomic mass is 9.93. The van der Waals surface area contributed by atoms with Crippen molar-refractivity contribution in [1.82, 2.24) is 10.2 Å². The van der Waals surface area contributed by atoms with Gasteiger partial charge in [0, 0.05) is 19.1 Å². The first-order valence-corrected chi connectivity index (χ1v) is 9.48. The van der Waals surface area contributed by atoms with Crippen LogP contribution in [0.3, 0.4) is 0 Å². The quantitative estimate of drug-likeness (QED) is 0.824. The standard InChI is InChI=1S/C14H28N2O2S/c1-3-6-15-14-4-7-16(9-12(14)2)10-13-5-8-19(17,18)11-13/h12-15H,3-11H2,1-2H3. The molecule has 112 valence electrons. The van der Waals surface area contributed by atoms with Crippen LogP contribution in [0, 0.1) is 11.8 Å². The van der Waals surface area contributed by atoms with Gasteiger partial charge in [-0.15, -0.1) is 0 Å². The molecule has 2 fully saturated rings. The summed E-state index contributed by atoms with van der Waals surface area (Å²) in [4.78, 5) is 2.47. The molecule has 2 rings (SSSR count). The summed E-state index contributed by atoms with van der Waals surface area (Å²) in [6.07, 6.45) is 3.25. The van der Waals surface area contributed by atoms with Gasteiger partial charge in [0.25, 0.3) is 0 Å². The molecule has 0 aromatic rings. The van der Waals surface area contributed by atoms with E-state index in [-0.39, 0.29) is 0 Å². The summed E-state index contributed by atoms with van der Waals surface area (Å²) in [5, 5.41) is 3.63. The Morgan fingerprint density at radius 2 is 2.11 bits per heavy atom. The molecule has 1 N–H and O–H groups in total. The van der Waals surface area contributed by atoms with Crippen LogP contribution < -0.4 is 5.32 Å². The number of hydrogen-bond donors (Lipinski definition) is 1. The van der Waals surface area contributed by atoms with E-state index in [0.717, 1.165) is 32.6 Å². The van der Waals surface area contributed by atoms with Gasteiger partial charge in [0.1, 0.15) is 0 Å². The van der Waals surface area contributed by atoms with Crippen LogP contribution in [0.15, 0.2) is 0 Å². The molecule has 3 unspecified atom stereocenters. The average molecular weight is 288 g/mol. The molecule has 0 saturated carbocycles. The SMILES string of the molecule is CCCNC1CCN(CC2CCS(=O)(=O)C2)CC1C. The Morgan fingerprint density at radius 3 is 2.68 bits per heavy atom. The lowest BCUT2D eigenvalue weighted by Crippen LogP contribution is -2.49. The monoisotopic (exact) mass is 288 g/mol. The van der Waals surface area contributed by atoms with Gasteiger partial charge >= 0.3 is 0 Å². The minimum atomic E-state index is -2.72. The van der Waals surface area contributed by atoms with Gasteiger partial charge in [-0.3, -0.25) is 0 Å². The Hall–Kier alpha value is -0.130. The fraction of sp³-hybridized carbons (Fsp3) is 1.00. The van der Waals surface area contributed by atoms with Crippen molar-refractivity contribution < 1.29 is 8.42 Å². The van der Waals surface area contributed by atoms with Crippen LogP contribution in [-0.4, -0.2) is 57.0 Å². The lowest BCUT2D eigenvalue weighted by Gasteiger charge is -2.38. The number of nitrogens with one attached hydrogen (secondary N) is 1. The minimum absolute atomic E-state index is 0.373. The smallest absolute Gasteiger partial charge is 0.150 e. The van der Waals surface area contributed by atoms with Gasteiger partial charge in [0.2, 0.25) is 0 Å². The second-order valence-electron chi connectivity index (χ2n) is 6.36. The number of sulfone groups is 1.